The summed E-state index contributed by atoms with van der Waals surface area (Å²) in [6, 6.07) is 4.74. The van der Waals surface area contributed by atoms with Gasteiger partial charge in [0.2, 0.25) is 0 Å². The van der Waals surface area contributed by atoms with Gasteiger partial charge in [-0.15, -0.1) is 0 Å². The molecule has 0 saturated carbocycles. The monoisotopic (exact) mass is 196 g/mol. The van der Waals surface area contributed by atoms with E-state index in [-0.39, 0.29) is 0 Å². The second-order valence-electron chi connectivity index (χ2n) is 3.26. The van der Waals surface area contributed by atoms with Crippen LogP contribution in [-0.4, -0.2) is 18.3 Å². The molecule has 1 aromatic rings. The molecule has 1 rings (SSSR count). The van der Waals surface area contributed by atoms with Crippen molar-refractivity contribution in [3.63, 3.8) is 0 Å². The zero-order valence-corrected chi connectivity index (χ0v) is 8.40. The van der Waals surface area contributed by atoms with Gasteiger partial charge in [-0.05, 0) is 30.7 Å². The van der Waals surface area contributed by atoms with Crippen molar-refractivity contribution in [2.45, 2.75) is 19.1 Å². The number of ether oxygens (including phenoxy) is 1. The Morgan fingerprint density at radius 1 is 1.43 bits per heavy atom. The van der Waals surface area contributed by atoms with E-state index in [2.05, 4.69) is 0 Å². The minimum atomic E-state index is -0.635. The van der Waals surface area contributed by atoms with Gasteiger partial charge in [-0.25, -0.2) is 0 Å². The van der Waals surface area contributed by atoms with Gasteiger partial charge >= 0.3 is 0 Å². The highest BCUT2D eigenvalue weighted by Crippen LogP contribution is 2.25. The molecule has 0 aliphatic carbocycles. The summed E-state index contributed by atoms with van der Waals surface area (Å²) in [6.45, 7) is 1.63. The van der Waals surface area contributed by atoms with Gasteiger partial charge in [0.05, 0.1) is 19.3 Å². The fraction of sp³-hybridized carbons (Fsp3) is 0.400. The van der Waals surface area contributed by atoms with Gasteiger partial charge in [0, 0.05) is 5.69 Å². The molecular formula is C10H16N2O2. The molecule has 0 aromatic heterocycles. The number of hydrogen-bond acceptors (Lipinski definition) is 4. The number of nitrogen functional groups attached to an aromatic ring is 1. The van der Waals surface area contributed by atoms with E-state index < -0.39 is 12.1 Å². The molecule has 0 spiro atoms. The van der Waals surface area contributed by atoms with Crippen LogP contribution in [0.15, 0.2) is 18.2 Å². The van der Waals surface area contributed by atoms with E-state index in [1.165, 1.54) is 0 Å². The van der Waals surface area contributed by atoms with Crippen LogP contribution in [0.5, 0.6) is 5.75 Å². The maximum absolute atomic E-state index is 9.34. The molecule has 0 unspecified atom stereocenters. The Kier molecular flexibility index (Phi) is 3.33. The second kappa shape index (κ2) is 4.30. The topological polar surface area (TPSA) is 81.5 Å². The van der Waals surface area contributed by atoms with Crippen molar-refractivity contribution in [3.05, 3.63) is 23.8 Å². The molecule has 0 heterocycles. The van der Waals surface area contributed by atoms with E-state index in [0.717, 1.165) is 0 Å². The van der Waals surface area contributed by atoms with Crippen LogP contribution in [0, 0.1) is 0 Å². The lowest BCUT2D eigenvalue weighted by Crippen LogP contribution is -2.24. The summed E-state index contributed by atoms with van der Waals surface area (Å²) in [5.74, 6) is 0.685. The minimum Gasteiger partial charge on any atom is -0.497 e. The SMILES string of the molecule is COc1ccc(N)c([C@@H](N)[C@H](C)O)c1. The molecule has 0 aliphatic heterocycles. The zero-order chi connectivity index (χ0) is 10.7. The summed E-state index contributed by atoms with van der Waals surface area (Å²) in [7, 11) is 1.57. The van der Waals surface area contributed by atoms with Crippen molar-refractivity contribution in [2.24, 2.45) is 5.73 Å². The number of hydrogen-bond donors (Lipinski definition) is 3. The summed E-state index contributed by atoms with van der Waals surface area (Å²) in [6.07, 6.45) is -0.635. The third-order valence-electron chi connectivity index (χ3n) is 2.17. The Morgan fingerprint density at radius 3 is 2.57 bits per heavy atom. The quantitative estimate of drug-likeness (QED) is 0.620. The largest absolute Gasteiger partial charge is 0.497 e. The fourth-order valence-electron chi connectivity index (χ4n) is 1.23. The molecule has 0 saturated heterocycles. The van der Waals surface area contributed by atoms with Gasteiger partial charge in [-0.1, -0.05) is 0 Å². The van der Waals surface area contributed by atoms with Crippen molar-refractivity contribution in [3.8, 4) is 5.75 Å². The van der Waals surface area contributed by atoms with E-state index in [4.69, 9.17) is 16.2 Å². The summed E-state index contributed by atoms with van der Waals surface area (Å²) >= 11 is 0. The fourth-order valence-corrected chi connectivity index (χ4v) is 1.23. The predicted octanol–water partition coefficient (Wildman–Crippen LogP) is 0.658. The maximum Gasteiger partial charge on any atom is 0.119 e. The number of nitrogens with two attached hydrogens (primary N) is 2. The molecule has 0 fully saturated rings. The summed E-state index contributed by atoms with van der Waals surface area (Å²) < 4.78 is 5.05. The highest BCUT2D eigenvalue weighted by atomic mass is 16.5. The number of rotatable bonds is 3. The second-order valence-corrected chi connectivity index (χ2v) is 3.26. The van der Waals surface area contributed by atoms with Gasteiger partial charge in [-0.3, -0.25) is 0 Å². The van der Waals surface area contributed by atoms with Crippen LogP contribution in [0.4, 0.5) is 5.69 Å². The van der Waals surface area contributed by atoms with Crippen LogP contribution >= 0.6 is 0 Å². The van der Waals surface area contributed by atoms with Crippen LogP contribution < -0.4 is 16.2 Å². The van der Waals surface area contributed by atoms with E-state index in [9.17, 15) is 5.11 Å². The zero-order valence-electron chi connectivity index (χ0n) is 8.40. The average Bonchev–Trinajstić information content (AvgIpc) is 2.17. The third kappa shape index (κ3) is 2.16. The van der Waals surface area contributed by atoms with Crippen LogP contribution in [0.1, 0.15) is 18.5 Å². The average molecular weight is 196 g/mol. The first kappa shape index (κ1) is 10.8. The summed E-state index contributed by atoms with van der Waals surface area (Å²) in [5, 5.41) is 9.34. The molecular weight excluding hydrogens is 180 g/mol. The van der Waals surface area contributed by atoms with Crippen LogP contribution in [-0.2, 0) is 0 Å². The van der Waals surface area contributed by atoms with Crippen LogP contribution in [0.3, 0.4) is 0 Å². The standard InChI is InChI=1S/C10H16N2O2/c1-6(13)10(12)8-5-7(14-2)3-4-9(8)11/h3-6,10,13H,11-12H2,1-2H3/t6-,10-/m0/s1. The van der Waals surface area contributed by atoms with Crippen molar-refractivity contribution >= 4 is 5.69 Å². The molecule has 0 bridgehead atoms. The Labute approximate surface area is 83.5 Å². The van der Waals surface area contributed by atoms with Crippen LogP contribution in [0.2, 0.25) is 0 Å². The molecule has 1 aromatic carbocycles. The third-order valence-corrected chi connectivity index (χ3v) is 2.17. The highest BCUT2D eigenvalue weighted by molar-refractivity contribution is 5.52. The van der Waals surface area contributed by atoms with E-state index in [1.807, 2.05) is 0 Å². The van der Waals surface area contributed by atoms with Crippen molar-refractivity contribution in [2.75, 3.05) is 12.8 Å². The molecule has 0 radical (unpaired) electrons. The molecule has 4 nitrogen and oxygen atoms in total. The normalized spacial score (nSPS) is 14.9. The molecule has 78 valence electrons. The number of benzene rings is 1. The molecule has 5 N–H and O–H groups in total. The number of methoxy groups -OCH3 is 1. The van der Waals surface area contributed by atoms with E-state index in [1.54, 1.807) is 32.2 Å². The Morgan fingerprint density at radius 2 is 2.07 bits per heavy atom. The van der Waals surface area contributed by atoms with Crippen molar-refractivity contribution < 1.29 is 9.84 Å². The number of anilines is 1. The minimum absolute atomic E-state index is 0.481. The molecule has 0 aliphatic rings. The lowest BCUT2D eigenvalue weighted by atomic mass is 10.0. The Bertz CT molecular complexity index is 313. The number of aliphatic hydroxyl groups is 1. The van der Waals surface area contributed by atoms with Crippen molar-refractivity contribution in [1.29, 1.82) is 0 Å². The van der Waals surface area contributed by atoms with E-state index in [0.29, 0.717) is 17.0 Å². The van der Waals surface area contributed by atoms with Gasteiger partial charge in [0.25, 0.3) is 0 Å². The van der Waals surface area contributed by atoms with Crippen LogP contribution in [0.25, 0.3) is 0 Å². The first-order valence-electron chi connectivity index (χ1n) is 4.43. The smallest absolute Gasteiger partial charge is 0.119 e. The summed E-state index contributed by atoms with van der Waals surface area (Å²) in [5.41, 5.74) is 12.8. The Hall–Kier alpha value is -1.26. The highest BCUT2D eigenvalue weighted by Gasteiger charge is 2.15. The van der Waals surface area contributed by atoms with Gasteiger partial charge in [0.1, 0.15) is 5.75 Å². The maximum atomic E-state index is 9.34. The molecule has 2 atom stereocenters. The van der Waals surface area contributed by atoms with E-state index >= 15 is 0 Å². The lowest BCUT2D eigenvalue weighted by Gasteiger charge is -2.17. The first-order chi connectivity index (χ1) is 6.56. The Balaban J connectivity index is 3.05. The van der Waals surface area contributed by atoms with Gasteiger partial charge in [0.15, 0.2) is 0 Å². The van der Waals surface area contributed by atoms with Gasteiger partial charge in [-0.2, -0.15) is 0 Å². The molecule has 0 amide bonds. The molecule has 4 heteroatoms. The number of aliphatic hydroxyl groups excluding tert-OH is 1. The van der Waals surface area contributed by atoms with Gasteiger partial charge < -0.3 is 21.3 Å². The lowest BCUT2D eigenvalue weighted by molar-refractivity contribution is 0.164. The predicted molar refractivity (Wildman–Crippen MR) is 56.0 cm³/mol. The van der Waals surface area contributed by atoms with Crippen molar-refractivity contribution in [1.82, 2.24) is 0 Å². The summed E-state index contributed by atoms with van der Waals surface area (Å²) in [4.78, 5) is 0. The first-order valence-corrected chi connectivity index (χ1v) is 4.43. The molecule has 14 heavy (non-hydrogen) atoms.